The number of hydrogen-bond donors (Lipinski definition) is 0. The molecule has 106 valence electrons. The molecule has 1 atom stereocenters. The Morgan fingerprint density at radius 1 is 1.28 bits per heavy atom. The van der Waals surface area contributed by atoms with Crippen LogP contribution < -0.4 is 0 Å². The lowest BCUT2D eigenvalue weighted by atomic mass is 10.2. The van der Waals surface area contributed by atoms with Gasteiger partial charge in [0, 0.05) is 24.9 Å². The highest BCUT2D eigenvalue weighted by molar-refractivity contribution is 7.99. The molecule has 0 aromatic rings. The van der Waals surface area contributed by atoms with Crippen LogP contribution in [0.3, 0.4) is 0 Å². The highest BCUT2D eigenvalue weighted by Crippen LogP contribution is 2.21. The number of carbonyl (C=O) groups is 1. The summed E-state index contributed by atoms with van der Waals surface area (Å²) >= 11 is 2.05. The molecule has 1 amide bonds. The number of rotatable bonds is 6. The van der Waals surface area contributed by atoms with Gasteiger partial charge in [-0.2, -0.15) is 11.8 Å². The van der Waals surface area contributed by atoms with Crippen LogP contribution in [0.15, 0.2) is 0 Å². The highest BCUT2D eigenvalue weighted by atomic mass is 32.2. The summed E-state index contributed by atoms with van der Waals surface area (Å²) in [5.74, 6) is 1.48. The topological polar surface area (TPSA) is 23.6 Å². The second kappa shape index (κ2) is 8.81. The Labute approximate surface area is 116 Å². The lowest BCUT2D eigenvalue weighted by Gasteiger charge is -2.26. The molecular formula is C14H28N2OS. The van der Waals surface area contributed by atoms with Crippen molar-refractivity contribution < 1.29 is 4.79 Å². The minimum atomic E-state index is 0.294. The second-order valence-corrected chi connectivity index (χ2v) is 6.45. The molecule has 0 aliphatic carbocycles. The van der Waals surface area contributed by atoms with Crippen molar-refractivity contribution in [3.05, 3.63) is 0 Å². The van der Waals surface area contributed by atoms with Crippen molar-refractivity contribution in [2.45, 2.75) is 45.3 Å². The molecular weight excluding hydrogens is 244 g/mol. The van der Waals surface area contributed by atoms with E-state index < -0.39 is 0 Å². The molecule has 1 heterocycles. The van der Waals surface area contributed by atoms with E-state index in [1.807, 2.05) is 16.7 Å². The Kier molecular flexibility index (Phi) is 7.75. The van der Waals surface area contributed by atoms with Crippen LogP contribution in [-0.4, -0.2) is 59.4 Å². The van der Waals surface area contributed by atoms with Crippen LogP contribution in [0, 0.1) is 0 Å². The SMILES string of the molecule is CCS[C@H]1CCCCN(CC(=O)N(CC)CC)C1. The van der Waals surface area contributed by atoms with Gasteiger partial charge in [-0.05, 0) is 39.0 Å². The van der Waals surface area contributed by atoms with Crippen LogP contribution in [0.1, 0.15) is 40.0 Å². The van der Waals surface area contributed by atoms with Crippen molar-refractivity contribution in [3.63, 3.8) is 0 Å². The minimum absolute atomic E-state index is 0.294. The number of likely N-dealkylation sites (tertiary alicyclic amines) is 1. The predicted molar refractivity (Wildman–Crippen MR) is 80.1 cm³/mol. The van der Waals surface area contributed by atoms with Crippen LogP contribution in [0.4, 0.5) is 0 Å². The summed E-state index contributed by atoms with van der Waals surface area (Å²) in [6.45, 7) is 10.8. The van der Waals surface area contributed by atoms with Crippen LogP contribution >= 0.6 is 11.8 Å². The molecule has 3 nitrogen and oxygen atoms in total. The lowest BCUT2D eigenvalue weighted by Crippen LogP contribution is -2.42. The average Bonchev–Trinajstić information content (AvgIpc) is 2.56. The summed E-state index contributed by atoms with van der Waals surface area (Å²) in [5, 5.41) is 0.724. The van der Waals surface area contributed by atoms with Gasteiger partial charge in [-0.3, -0.25) is 9.69 Å². The Hall–Kier alpha value is -0.220. The van der Waals surface area contributed by atoms with Gasteiger partial charge < -0.3 is 4.90 Å². The van der Waals surface area contributed by atoms with E-state index in [2.05, 4.69) is 25.7 Å². The number of amides is 1. The molecule has 4 heteroatoms. The van der Waals surface area contributed by atoms with E-state index in [-0.39, 0.29) is 0 Å². The molecule has 0 spiro atoms. The van der Waals surface area contributed by atoms with Crippen LogP contribution in [-0.2, 0) is 4.79 Å². The first-order chi connectivity index (χ1) is 8.71. The Balaban J connectivity index is 2.45. The predicted octanol–water partition coefficient (Wildman–Crippen LogP) is 2.46. The zero-order chi connectivity index (χ0) is 13.4. The number of thioether (sulfide) groups is 1. The zero-order valence-corrected chi connectivity index (χ0v) is 13.0. The number of likely N-dealkylation sites (N-methyl/N-ethyl adjacent to an activating group) is 1. The molecule has 0 saturated carbocycles. The summed E-state index contributed by atoms with van der Waals surface area (Å²) in [6.07, 6.45) is 3.87. The van der Waals surface area contributed by atoms with Crippen LogP contribution in [0.5, 0.6) is 0 Å². The maximum absolute atomic E-state index is 12.1. The molecule has 1 aliphatic rings. The molecule has 1 aliphatic heterocycles. The standard InChI is InChI=1S/C14H28N2OS/c1-4-16(5-2)14(17)12-15-10-8-7-9-13(11-15)18-6-3/h13H,4-12H2,1-3H3/t13-/m0/s1. The smallest absolute Gasteiger partial charge is 0.236 e. The van der Waals surface area contributed by atoms with Crippen molar-refractivity contribution >= 4 is 17.7 Å². The summed E-state index contributed by atoms with van der Waals surface area (Å²) in [4.78, 5) is 16.4. The highest BCUT2D eigenvalue weighted by Gasteiger charge is 2.21. The normalized spacial score (nSPS) is 21.6. The van der Waals surface area contributed by atoms with E-state index >= 15 is 0 Å². The van der Waals surface area contributed by atoms with Crippen molar-refractivity contribution in [1.82, 2.24) is 9.80 Å². The monoisotopic (exact) mass is 272 g/mol. The van der Waals surface area contributed by atoms with E-state index in [1.54, 1.807) is 0 Å². The van der Waals surface area contributed by atoms with Crippen molar-refractivity contribution in [2.75, 3.05) is 38.5 Å². The molecule has 0 aromatic heterocycles. The Morgan fingerprint density at radius 2 is 2.00 bits per heavy atom. The van der Waals surface area contributed by atoms with Gasteiger partial charge in [-0.15, -0.1) is 0 Å². The van der Waals surface area contributed by atoms with Crippen LogP contribution in [0.2, 0.25) is 0 Å². The first-order valence-electron chi connectivity index (χ1n) is 7.32. The molecule has 0 aromatic carbocycles. The zero-order valence-electron chi connectivity index (χ0n) is 12.2. The van der Waals surface area contributed by atoms with Crippen molar-refractivity contribution in [2.24, 2.45) is 0 Å². The Morgan fingerprint density at radius 3 is 2.61 bits per heavy atom. The molecule has 0 N–H and O–H groups in total. The summed E-state index contributed by atoms with van der Waals surface area (Å²) in [6, 6.07) is 0. The Bertz CT molecular complexity index is 244. The molecule has 1 rings (SSSR count). The van der Waals surface area contributed by atoms with Crippen molar-refractivity contribution in [1.29, 1.82) is 0 Å². The lowest BCUT2D eigenvalue weighted by molar-refractivity contribution is -0.132. The summed E-state index contributed by atoms with van der Waals surface area (Å²) < 4.78 is 0. The van der Waals surface area contributed by atoms with Gasteiger partial charge in [-0.25, -0.2) is 0 Å². The van der Waals surface area contributed by atoms with E-state index in [4.69, 9.17) is 0 Å². The largest absolute Gasteiger partial charge is 0.342 e. The maximum Gasteiger partial charge on any atom is 0.236 e. The molecule has 18 heavy (non-hydrogen) atoms. The second-order valence-electron chi connectivity index (χ2n) is 4.87. The van der Waals surface area contributed by atoms with E-state index in [0.717, 1.165) is 31.4 Å². The maximum atomic E-state index is 12.1. The average molecular weight is 272 g/mol. The number of carbonyl (C=O) groups excluding carboxylic acids is 1. The van der Waals surface area contributed by atoms with Crippen LogP contribution in [0.25, 0.3) is 0 Å². The van der Waals surface area contributed by atoms with E-state index in [0.29, 0.717) is 12.5 Å². The van der Waals surface area contributed by atoms with Gasteiger partial charge in [0.1, 0.15) is 0 Å². The van der Waals surface area contributed by atoms with Gasteiger partial charge >= 0.3 is 0 Å². The molecule has 0 radical (unpaired) electrons. The fourth-order valence-electron chi connectivity index (χ4n) is 2.56. The molecule has 0 unspecified atom stereocenters. The first-order valence-corrected chi connectivity index (χ1v) is 8.37. The van der Waals surface area contributed by atoms with Gasteiger partial charge in [0.2, 0.25) is 5.91 Å². The third-order valence-corrected chi connectivity index (χ3v) is 4.78. The molecule has 1 saturated heterocycles. The van der Waals surface area contributed by atoms with Crippen molar-refractivity contribution in [3.8, 4) is 0 Å². The van der Waals surface area contributed by atoms with Gasteiger partial charge in [0.25, 0.3) is 0 Å². The number of nitrogens with zero attached hydrogens (tertiary/aromatic N) is 2. The molecule has 0 bridgehead atoms. The summed E-state index contributed by atoms with van der Waals surface area (Å²) in [5.41, 5.74) is 0. The van der Waals surface area contributed by atoms with Gasteiger partial charge in [0.05, 0.1) is 6.54 Å². The van der Waals surface area contributed by atoms with E-state index in [1.165, 1.54) is 25.0 Å². The fourth-order valence-corrected chi connectivity index (χ4v) is 3.68. The van der Waals surface area contributed by atoms with E-state index in [9.17, 15) is 4.79 Å². The third-order valence-electron chi connectivity index (χ3n) is 3.59. The van der Waals surface area contributed by atoms with Gasteiger partial charge in [-0.1, -0.05) is 13.3 Å². The fraction of sp³-hybridized carbons (Fsp3) is 0.929. The first kappa shape index (κ1) is 15.8. The molecule has 1 fully saturated rings. The van der Waals surface area contributed by atoms with Gasteiger partial charge in [0.15, 0.2) is 0 Å². The third kappa shape index (κ3) is 5.19. The number of hydrogen-bond acceptors (Lipinski definition) is 3. The quantitative estimate of drug-likeness (QED) is 0.742. The minimum Gasteiger partial charge on any atom is -0.342 e. The summed E-state index contributed by atoms with van der Waals surface area (Å²) in [7, 11) is 0.